The van der Waals surface area contributed by atoms with Crippen LogP contribution in [0.4, 0.5) is 5.69 Å². The van der Waals surface area contributed by atoms with Gasteiger partial charge in [0, 0.05) is 50.8 Å². The zero-order valence-electron chi connectivity index (χ0n) is 24.2. The molecule has 6 N–H and O–H groups in total. The first-order valence-electron chi connectivity index (χ1n) is 14.5. The topological polar surface area (TPSA) is 165 Å². The van der Waals surface area contributed by atoms with Crippen LogP contribution >= 0.6 is 0 Å². The van der Waals surface area contributed by atoms with Crippen LogP contribution < -0.4 is 10.6 Å². The molecular formula is C31H41N3O7. The highest BCUT2D eigenvalue weighted by atomic mass is 16.3. The minimum absolute atomic E-state index is 0.114. The summed E-state index contributed by atoms with van der Waals surface area (Å²) < 4.78 is 0. The zero-order chi connectivity index (χ0) is 30.0. The molecule has 4 aliphatic carbocycles. The predicted octanol–water partition coefficient (Wildman–Crippen LogP) is 2.75. The van der Waals surface area contributed by atoms with Gasteiger partial charge in [-0.3, -0.25) is 19.3 Å². The second-order valence-corrected chi connectivity index (χ2v) is 12.9. The Morgan fingerprint density at radius 1 is 1.15 bits per heavy atom. The number of anilines is 1. The smallest absolute Gasteiger partial charge is 0.255 e. The van der Waals surface area contributed by atoms with E-state index in [-0.39, 0.29) is 36.1 Å². The Bertz CT molecular complexity index is 1370. The van der Waals surface area contributed by atoms with E-state index >= 15 is 0 Å². The number of aromatic hydroxyl groups is 1. The third-order valence-electron chi connectivity index (χ3n) is 9.19. The van der Waals surface area contributed by atoms with Crippen LogP contribution in [-0.2, 0) is 27.3 Å². The van der Waals surface area contributed by atoms with E-state index in [4.69, 9.17) is 5.73 Å². The number of phenolic OH excluding ortho intramolecular Hbond substituents is 1. The number of amides is 1. The van der Waals surface area contributed by atoms with E-state index in [1.807, 2.05) is 19.0 Å². The molecule has 0 radical (unpaired) electrons. The van der Waals surface area contributed by atoms with Gasteiger partial charge in [0.1, 0.15) is 22.8 Å². The number of aliphatic hydroxyl groups excluding tert-OH is 2. The highest BCUT2D eigenvalue weighted by Gasteiger charge is 2.60. The van der Waals surface area contributed by atoms with E-state index < -0.39 is 52.0 Å². The summed E-state index contributed by atoms with van der Waals surface area (Å²) in [6.45, 7) is 6.96. The Kier molecular flexibility index (Phi) is 7.44. The number of nitrogens with two attached hydrogens (primary N) is 1. The molecule has 2 saturated carbocycles. The molecule has 1 amide bonds. The maximum atomic E-state index is 13.8. The summed E-state index contributed by atoms with van der Waals surface area (Å²) in [6, 6.07) is 1.65. The third-order valence-corrected chi connectivity index (χ3v) is 9.19. The Hall–Kier alpha value is -3.37. The Morgan fingerprint density at radius 3 is 2.41 bits per heavy atom. The zero-order valence-corrected chi connectivity index (χ0v) is 24.2. The molecule has 0 aliphatic heterocycles. The Balaban J connectivity index is 1.59. The summed E-state index contributed by atoms with van der Waals surface area (Å²) in [5.74, 6) is -4.93. The molecule has 0 heterocycles. The molecule has 41 heavy (non-hydrogen) atoms. The van der Waals surface area contributed by atoms with Crippen molar-refractivity contribution >= 4 is 28.9 Å². The molecular weight excluding hydrogens is 526 g/mol. The molecule has 5 rings (SSSR count). The highest BCUT2D eigenvalue weighted by Crippen LogP contribution is 2.53. The van der Waals surface area contributed by atoms with Crippen molar-refractivity contribution in [3.05, 3.63) is 39.7 Å². The van der Waals surface area contributed by atoms with Crippen LogP contribution in [0.3, 0.4) is 0 Å². The van der Waals surface area contributed by atoms with Crippen molar-refractivity contribution in [3.63, 3.8) is 0 Å². The summed E-state index contributed by atoms with van der Waals surface area (Å²) in [5, 5.41) is 44.9. The first-order valence-corrected chi connectivity index (χ1v) is 14.5. The van der Waals surface area contributed by atoms with Crippen LogP contribution in [0, 0.1) is 23.7 Å². The predicted molar refractivity (Wildman–Crippen MR) is 153 cm³/mol. The van der Waals surface area contributed by atoms with Crippen molar-refractivity contribution in [1.82, 2.24) is 4.90 Å². The van der Waals surface area contributed by atoms with E-state index in [1.54, 1.807) is 6.07 Å². The number of rotatable bonds is 9. The van der Waals surface area contributed by atoms with Crippen LogP contribution in [0.1, 0.15) is 62.6 Å². The van der Waals surface area contributed by atoms with Crippen LogP contribution in [-0.4, -0.2) is 75.6 Å². The molecule has 10 heteroatoms. The van der Waals surface area contributed by atoms with Gasteiger partial charge in [0.05, 0.1) is 5.56 Å². The molecule has 0 aromatic heterocycles. The lowest BCUT2D eigenvalue weighted by molar-refractivity contribution is -0.147. The molecule has 1 aromatic carbocycles. The molecule has 2 fully saturated rings. The lowest BCUT2D eigenvalue weighted by atomic mass is 9.59. The maximum Gasteiger partial charge on any atom is 0.255 e. The van der Waals surface area contributed by atoms with E-state index in [0.717, 1.165) is 30.8 Å². The number of Topliss-reactive ketones (excluding diaryl/α,β-unsaturated/α-hetero) is 2. The van der Waals surface area contributed by atoms with Crippen molar-refractivity contribution in [3.8, 4) is 5.75 Å². The standard InChI is InChI=1S/C31H41N3O7/c1-15(2)7-8-34(13-16-5-6-16)14-18-11-21(35)24-20(26(18)33(3)4)10-17-9-19-12-22(36)25(30(32)40)29(39)31(19,41)28(38)23(17)27(24)37/h11,15-17,19,35,37,39,41H,5-10,12-14H2,1-4H3,(H2,32,40)/t17?,19-,31-/m0/s1. The third kappa shape index (κ3) is 4.91. The number of nitrogens with zero attached hydrogens (tertiary/aromatic N) is 2. The van der Waals surface area contributed by atoms with Gasteiger partial charge < -0.3 is 31.1 Å². The number of carbonyl (C=O) groups excluding carboxylic acids is 3. The first kappa shape index (κ1) is 29.1. The number of benzene rings is 1. The number of primary amides is 1. The van der Waals surface area contributed by atoms with Crippen LogP contribution in [0.2, 0.25) is 0 Å². The molecule has 3 atom stereocenters. The fraction of sp³-hybridized carbons (Fsp3) is 0.581. The number of hydrogen-bond donors (Lipinski definition) is 5. The number of carbonyl (C=O) groups is 3. The fourth-order valence-electron chi connectivity index (χ4n) is 7.00. The summed E-state index contributed by atoms with van der Waals surface area (Å²) in [6.07, 6.45) is 3.58. The molecule has 4 aliphatic rings. The van der Waals surface area contributed by atoms with E-state index in [0.29, 0.717) is 23.9 Å². The van der Waals surface area contributed by atoms with Gasteiger partial charge in [0.2, 0.25) is 5.78 Å². The molecule has 1 aromatic rings. The molecule has 10 nitrogen and oxygen atoms in total. The van der Waals surface area contributed by atoms with Crippen molar-refractivity contribution in [1.29, 1.82) is 0 Å². The van der Waals surface area contributed by atoms with Gasteiger partial charge in [-0.2, -0.15) is 0 Å². The van der Waals surface area contributed by atoms with Gasteiger partial charge in [-0.1, -0.05) is 13.8 Å². The van der Waals surface area contributed by atoms with Crippen molar-refractivity contribution in [2.24, 2.45) is 29.4 Å². The number of ketones is 2. The van der Waals surface area contributed by atoms with Crippen LogP contribution in [0.15, 0.2) is 23.0 Å². The van der Waals surface area contributed by atoms with E-state index in [9.17, 15) is 34.8 Å². The van der Waals surface area contributed by atoms with Crippen molar-refractivity contribution in [2.45, 2.75) is 64.5 Å². The van der Waals surface area contributed by atoms with Gasteiger partial charge in [0.25, 0.3) is 5.91 Å². The number of phenols is 1. The summed E-state index contributed by atoms with van der Waals surface area (Å²) >= 11 is 0. The number of fused-ring (bicyclic) bond motifs is 3. The van der Waals surface area contributed by atoms with E-state index in [1.165, 1.54) is 12.8 Å². The van der Waals surface area contributed by atoms with Crippen LogP contribution in [0.5, 0.6) is 5.75 Å². The van der Waals surface area contributed by atoms with E-state index in [2.05, 4.69) is 18.7 Å². The molecule has 1 unspecified atom stereocenters. The second-order valence-electron chi connectivity index (χ2n) is 12.9. The fourth-order valence-corrected chi connectivity index (χ4v) is 7.00. The summed E-state index contributed by atoms with van der Waals surface area (Å²) in [7, 11) is 3.81. The average Bonchev–Trinajstić information content (AvgIpc) is 3.68. The molecule has 0 spiro atoms. The Labute approximate surface area is 240 Å². The minimum Gasteiger partial charge on any atom is -0.508 e. The molecule has 222 valence electrons. The number of hydrogen-bond acceptors (Lipinski definition) is 9. The molecule has 0 bridgehead atoms. The van der Waals surface area contributed by atoms with Gasteiger partial charge in [-0.15, -0.1) is 0 Å². The quantitative estimate of drug-likeness (QED) is 0.282. The largest absolute Gasteiger partial charge is 0.508 e. The summed E-state index contributed by atoms with van der Waals surface area (Å²) in [5.41, 5.74) is 4.40. The van der Waals surface area contributed by atoms with Crippen molar-refractivity contribution in [2.75, 3.05) is 32.1 Å². The SMILES string of the molecule is CC(C)CCN(Cc1cc(O)c2c(c1N(C)C)CC1C[C@H]3CC(=O)C(C(N)=O)=C(O)[C@@]3(O)C(=O)C1=C2O)CC1CC1. The van der Waals surface area contributed by atoms with Crippen molar-refractivity contribution < 1.29 is 34.8 Å². The summed E-state index contributed by atoms with van der Waals surface area (Å²) in [4.78, 5) is 42.7. The lowest BCUT2D eigenvalue weighted by Crippen LogP contribution is -2.58. The second kappa shape index (κ2) is 10.5. The normalized spacial score (nSPS) is 25.9. The first-order chi connectivity index (χ1) is 19.2. The minimum atomic E-state index is -2.56. The highest BCUT2D eigenvalue weighted by molar-refractivity contribution is 6.22. The van der Waals surface area contributed by atoms with Crippen LogP contribution in [0.25, 0.3) is 5.76 Å². The van der Waals surface area contributed by atoms with Gasteiger partial charge in [-0.05, 0) is 73.6 Å². The van der Waals surface area contributed by atoms with Gasteiger partial charge in [0.15, 0.2) is 11.4 Å². The van der Waals surface area contributed by atoms with Gasteiger partial charge >= 0.3 is 0 Å². The molecule has 0 saturated heterocycles. The van der Waals surface area contributed by atoms with Gasteiger partial charge in [-0.25, -0.2) is 0 Å². The number of aliphatic hydroxyl groups is 3. The average molecular weight is 568 g/mol. The maximum absolute atomic E-state index is 13.8. The Morgan fingerprint density at radius 2 is 1.83 bits per heavy atom. The monoisotopic (exact) mass is 567 g/mol. The lowest BCUT2D eigenvalue weighted by Gasteiger charge is -2.46.